The third-order valence-electron chi connectivity index (χ3n) is 2.53. The third-order valence-corrected chi connectivity index (χ3v) is 4.15. The highest BCUT2D eigenvalue weighted by molar-refractivity contribution is 9.11. The fourth-order valence-electron chi connectivity index (χ4n) is 1.68. The number of ether oxygens (including phenoxy) is 1. The summed E-state index contributed by atoms with van der Waals surface area (Å²) in [5.74, 6) is 3.33. The highest BCUT2D eigenvalue weighted by Crippen LogP contribution is 2.22. The zero-order chi connectivity index (χ0) is 13.5. The number of para-hydroxylation sites is 1. The van der Waals surface area contributed by atoms with Crippen LogP contribution in [0.25, 0.3) is 0 Å². The van der Waals surface area contributed by atoms with E-state index in [2.05, 4.69) is 39.3 Å². The number of hydrogen-bond donors (Lipinski definition) is 1. The second-order valence-corrected chi connectivity index (χ2v) is 6.46. The zero-order valence-corrected chi connectivity index (χ0v) is 12.8. The molecule has 4 heteroatoms. The number of terminal acetylenes is 1. The van der Waals surface area contributed by atoms with Crippen LogP contribution in [0.1, 0.15) is 10.4 Å². The summed E-state index contributed by atoms with van der Waals surface area (Å²) < 4.78 is 6.67. The average Bonchev–Trinajstić information content (AvgIpc) is 2.83. The summed E-state index contributed by atoms with van der Waals surface area (Å²) in [5, 5.41) is 3.41. The average molecular weight is 336 g/mol. The van der Waals surface area contributed by atoms with Crippen molar-refractivity contribution in [2.24, 2.45) is 0 Å². The van der Waals surface area contributed by atoms with E-state index in [4.69, 9.17) is 11.2 Å². The topological polar surface area (TPSA) is 21.3 Å². The van der Waals surface area contributed by atoms with E-state index in [0.29, 0.717) is 6.61 Å². The van der Waals surface area contributed by atoms with Crippen LogP contribution in [0, 0.1) is 12.3 Å². The van der Waals surface area contributed by atoms with Crippen molar-refractivity contribution in [2.75, 3.05) is 6.61 Å². The normalized spacial score (nSPS) is 10.1. The fraction of sp³-hybridized carbons (Fsp3) is 0.200. The number of nitrogens with one attached hydrogen (secondary N) is 1. The van der Waals surface area contributed by atoms with Gasteiger partial charge in [0.25, 0.3) is 0 Å². The summed E-state index contributed by atoms with van der Waals surface area (Å²) in [6, 6.07) is 12.1. The van der Waals surface area contributed by atoms with Crippen LogP contribution in [0.15, 0.2) is 40.2 Å². The van der Waals surface area contributed by atoms with Crippen molar-refractivity contribution in [1.82, 2.24) is 5.32 Å². The monoisotopic (exact) mass is 335 g/mol. The lowest BCUT2D eigenvalue weighted by Gasteiger charge is -2.10. The Morgan fingerprint density at radius 2 is 2.05 bits per heavy atom. The first-order valence-electron chi connectivity index (χ1n) is 5.88. The van der Waals surface area contributed by atoms with Crippen LogP contribution in [0.3, 0.4) is 0 Å². The molecule has 0 spiro atoms. The first-order valence-corrected chi connectivity index (χ1v) is 7.49. The minimum Gasteiger partial charge on any atom is -0.481 e. The summed E-state index contributed by atoms with van der Waals surface area (Å²) in [6.07, 6.45) is 5.21. The van der Waals surface area contributed by atoms with Gasteiger partial charge < -0.3 is 10.1 Å². The molecule has 0 fully saturated rings. The first-order chi connectivity index (χ1) is 9.29. The van der Waals surface area contributed by atoms with Gasteiger partial charge in [-0.15, -0.1) is 17.8 Å². The Labute approximate surface area is 125 Å². The Morgan fingerprint density at radius 3 is 2.79 bits per heavy atom. The zero-order valence-electron chi connectivity index (χ0n) is 10.4. The Bertz CT molecular complexity index is 574. The van der Waals surface area contributed by atoms with Crippen LogP contribution < -0.4 is 10.1 Å². The molecule has 0 amide bonds. The summed E-state index contributed by atoms with van der Waals surface area (Å²) in [4.78, 5) is 1.30. The molecule has 0 bridgehead atoms. The van der Waals surface area contributed by atoms with E-state index in [1.807, 2.05) is 24.3 Å². The van der Waals surface area contributed by atoms with Gasteiger partial charge in [0.1, 0.15) is 12.4 Å². The SMILES string of the molecule is C#CCOc1ccccc1CNCc1ccc(Br)s1. The molecule has 1 aromatic carbocycles. The van der Waals surface area contributed by atoms with Gasteiger partial charge in [-0.3, -0.25) is 0 Å². The maximum Gasteiger partial charge on any atom is 0.148 e. The van der Waals surface area contributed by atoms with Crippen molar-refractivity contribution in [1.29, 1.82) is 0 Å². The number of rotatable bonds is 6. The van der Waals surface area contributed by atoms with Crippen LogP contribution in [-0.2, 0) is 13.1 Å². The number of thiophene rings is 1. The van der Waals surface area contributed by atoms with Crippen LogP contribution in [0.5, 0.6) is 5.75 Å². The van der Waals surface area contributed by atoms with E-state index in [1.54, 1.807) is 11.3 Å². The maximum absolute atomic E-state index is 5.51. The summed E-state index contributed by atoms with van der Waals surface area (Å²) in [6.45, 7) is 1.91. The van der Waals surface area contributed by atoms with Crippen molar-refractivity contribution in [3.05, 3.63) is 50.6 Å². The van der Waals surface area contributed by atoms with Crippen LogP contribution >= 0.6 is 27.3 Å². The number of hydrogen-bond acceptors (Lipinski definition) is 3. The molecule has 0 atom stereocenters. The van der Waals surface area contributed by atoms with Crippen LogP contribution in [0.2, 0.25) is 0 Å². The lowest BCUT2D eigenvalue weighted by molar-refractivity contribution is 0.365. The van der Waals surface area contributed by atoms with Crippen molar-refractivity contribution >= 4 is 27.3 Å². The first kappa shape index (κ1) is 14.1. The third kappa shape index (κ3) is 4.39. The van der Waals surface area contributed by atoms with Crippen molar-refractivity contribution in [3.8, 4) is 18.1 Å². The highest BCUT2D eigenvalue weighted by Gasteiger charge is 2.03. The molecule has 1 aromatic heterocycles. The molecule has 0 unspecified atom stereocenters. The van der Waals surface area contributed by atoms with Gasteiger partial charge in [0, 0.05) is 23.5 Å². The number of benzene rings is 1. The van der Waals surface area contributed by atoms with E-state index >= 15 is 0 Å². The Kier molecular flexibility index (Phi) is 5.46. The second-order valence-electron chi connectivity index (χ2n) is 3.91. The highest BCUT2D eigenvalue weighted by atomic mass is 79.9. The predicted octanol–water partition coefficient (Wildman–Crippen LogP) is 3.81. The molecule has 1 N–H and O–H groups in total. The lowest BCUT2D eigenvalue weighted by Crippen LogP contribution is -2.12. The summed E-state index contributed by atoms with van der Waals surface area (Å²) >= 11 is 5.20. The summed E-state index contributed by atoms with van der Waals surface area (Å²) in [5.41, 5.74) is 1.12. The molecule has 2 rings (SSSR count). The smallest absolute Gasteiger partial charge is 0.148 e. The Balaban J connectivity index is 1.90. The predicted molar refractivity (Wildman–Crippen MR) is 83.3 cm³/mol. The maximum atomic E-state index is 5.51. The van der Waals surface area contributed by atoms with E-state index < -0.39 is 0 Å². The summed E-state index contributed by atoms with van der Waals surface area (Å²) in [7, 11) is 0. The minimum atomic E-state index is 0.300. The lowest BCUT2D eigenvalue weighted by atomic mass is 10.2. The molecule has 2 aromatic rings. The van der Waals surface area contributed by atoms with Gasteiger partial charge >= 0.3 is 0 Å². The molecule has 2 nitrogen and oxygen atoms in total. The Hall–Kier alpha value is -1.28. The van der Waals surface area contributed by atoms with Gasteiger partial charge in [-0.25, -0.2) is 0 Å². The molecular weight excluding hydrogens is 322 g/mol. The van der Waals surface area contributed by atoms with Gasteiger partial charge in [-0.05, 0) is 34.1 Å². The molecular formula is C15H14BrNOS. The fourth-order valence-corrected chi connectivity index (χ4v) is 3.13. The molecule has 0 aliphatic carbocycles. The second kappa shape index (κ2) is 7.34. The van der Waals surface area contributed by atoms with E-state index in [0.717, 1.165) is 28.2 Å². The molecule has 0 radical (unpaired) electrons. The van der Waals surface area contributed by atoms with Crippen molar-refractivity contribution < 1.29 is 4.74 Å². The van der Waals surface area contributed by atoms with Crippen LogP contribution in [-0.4, -0.2) is 6.61 Å². The van der Waals surface area contributed by atoms with Gasteiger partial charge in [-0.2, -0.15) is 0 Å². The molecule has 0 saturated carbocycles. The van der Waals surface area contributed by atoms with Crippen LogP contribution in [0.4, 0.5) is 0 Å². The quantitative estimate of drug-likeness (QED) is 0.810. The minimum absolute atomic E-state index is 0.300. The van der Waals surface area contributed by atoms with Crippen molar-refractivity contribution in [2.45, 2.75) is 13.1 Å². The molecule has 0 saturated heterocycles. The van der Waals surface area contributed by atoms with E-state index in [9.17, 15) is 0 Å². The van der Waals surface area contributed by atoms with Crippen molar-refractivity contribution in [3.63, 3.8) is 0 Å². The van der Waals surface area contributed by atoms with E-state index in [-0.39, 0.29) is 0 Å². The van der Waals surface area contributed by atoms with Gasteiger partial charge in [0.2, 0.25) is 0 Å². The Morgan fingerprint density at radius 1 is 1.21 bits per heavy atom. The molecule has 98 valence electrons. The molecule has 1 heterocycles. The van der Waals surface area contributed by atoms with E-state index in [1.165, 1.54) is 4.88 Å². The largest absolute Gasteiger partial charge is 0.481 e. The molecule has 19 heavy (non-hydrogen) atoms. The molecule has 0 aliphatic heterocycles. The standard InChI is InChI=1S/C15H14BrNOS/c1-2-9-18-14-6-4-3-5-12(14)10-17-11-13-7-8-15(16)19-13/h1,3-8,17H,9-11H2. The van der Waals surface area contributed by atoms with Gasteiger partial charge in [-0.1, -0.05) is 24.1 Å². The molecule has 0 aliphatic rings. The van der Waals surface area contributed by atoms with Gasteiger partial charge in [0.05, 0.1) is 3.79 Å². The van der Waals surface area contributed by atoms with Gasteiger partial charge in [0.15, 0.2) is 0 Å². The number of halogens is 1.